The molecule has 3 rings (SSSR count). The Morgan fingerprint density at radius 3 is 2.83 bits per heavy atom. The zero-order valence-corrected chi connectivity index (χ0v) is 13.6. The van der Waals surface area contributed by atoms with E-state index in [1.807, 2.05) is 24.4 Å². The molecular weight excluding hydrogens is 361 g/mol. The van der Waals surface area contributed by atoms with Crippen LogP contribution in [0.5, 0.6) is 0 Å². The van der Waals surface area contributed by atoms with Crippen LogP contribution < -0.4 is 5.43 Å². The van der Waals surface area contributed by atoms with Crippen LogP contribution in [0.4, 0.5) is 4.39 Å². The van der Waals surface area contributed by atoms with Crippen molar-refractivity contribution in [1.29, 1.82) is 0 Å². The zero-order valence-electron chi connectivity index (χ0n) is 12.0. The Morgan fingerprint density at radius 1 is 1.26 bits per heavy atom. The summed E-state index contributed by atoms with van der Waals surface area (Å²) in [6.45, 7) is 0. The van der Waals surface area contributed by atoms with Gasteiger partial charge in [-0.25, -0.2) is 9.82 Å². The molecule has 0 saturated carbocycles. The summed E-state index contributed by atoms with van der Waals surface area (Å²) in [6.07, 6.45) is 3.57. The highest BCUT2D eigenvalue weighted by atomic mass is 79.9. The molecule has 2 aromatic carbocycles. The largest absolute Gasteiger partial charge is 0.361 e. The maximum Gasteiger partial charge on any atom is 0.244 e. The van der Waals surface area contributed by atoms with Gasteiger partial charge in [0.05, 0.1) is 12.6 Å². The van der Waals surface area contributed by atoms with Gasteiger partial charge in [-0.2, -0.15) is 5.10 Å². The first-order valence-electron chi connectivity index (χ1n) is 6.95. The number of H-pyrrole nitrogens is 1. The fourth-order valence-electron chi connectivity index (χ4n) is 2.22. The highest BCUT2D eigenvalue weighted by molar-refractivity contribution is 9.10. The number of rotatable bonds is 4. The van der Waals surface area contributed by atoms with Crippen LogP contribution in [0.2, 0.25) is 0 Å². The minimum absolute atomic E-state index is 0.150. The van der Waals surface area contributed by atoms with Gasteiger partial charge in [0, 0.05) is 27.1 Å². The minimum atomic E-state index is -0.322. The van der Waals surface area contributed by atoms with E-state index in [1.165, 1.54) is 12.1 Å². The Balaban J connectivity index is 1.64. The molecule has 0 aliphatic rings. The molecule has 0 fully saturated rings. The fourth-order valence-corrected chi connectivity index (χ4v) is 2.58. The van der Waals surface area contributed by atoms with Gasteiger partial charge < -0.3 is 4.98 Å². The molecule has 0 bridgehead atoms. The molecule has 4 nitrogen and oxygen atoms in total. The predicted octanol–water partition coefficient (Wildman–Crippen LogP) is 3.76. The highest BCUT2D eigenvalue weighted by Crippen LogP contribution is 2.21. The Labute approximate surface area is 140 Å². The number of halogens is 2. The molecule has 0 aliphatic carbocycles. The van der Waals surface area contributed by atoms with Crippen molar-refractivity contribution in [3.63, 3.8) is 0 Å². The van der Waals surface area contributed by atoms with E-state index >= 15 is 0 Å². The van der Waals surface area contributed by atoms with Gasteiger partial charge in [-0.1, -0.05) is 28.1 Å². The molecule has 116 valence electrons. The molecule has 0 saturated heterocycles. The smallest absolute Gasteiger partial charge is 0.244 e. The number of carbonyl (C=O) groups is 1. The van der Waals surface area contributed by atoms with Gasteiger partial charge in [0.2, 0.25) is 5.91 Å². The number of nitrogens with zero attached hydrogens (tertiary/aromatic N) is 1. The quantitative estimate of drug-likeness (QED) is 0.530. The van der Waals surface area contributed by atoms with Crippen LogP contribution in [0.1, 0.15) is 11.1 Å². The molecule has 1 aromatic heterocycles. The van der Waals surface area contributed by atoms with Crippen LogP contribution in [0.15, 0.2) is 58.2 Å². The van der Waals surface area contributed by atoms with Crippen molar-refractivity contribution in [3.8, 4) is 0 Å². The van der Waals surface area contributed by atoms with Crippen LogP contribution in [0.25, 0.3) is 10.9 Å². The summed E-state index contributed by atoms with van der Waals surface area (Å²) in [5, 5.41) is 4.98. The van der Waals surface area contributed by atoms with Gasteiger partial charge in [0.25, 0.3) is 0 Å². The molecular formula is C17H13BrFN3O. The number of hydrazone groups is 1. The van der Waals surface area contributed by atoms with Gasteiger partial charge in [-0.05, 0) is 35.9 Å². The van der Waals surface area contributed by atoms with Crippen molar-refractivity contribution in [2.75, 3.05) is 0 Å². The molecule has 1 heterocycles. The third-order valence-electron chi connectivity index (χ3n) is 3.35. The molecule has 6 heteroatoms. The number of amides is 1. The van der Waals surface area contributed by atoms with E-state index in [1.54, 1.807) is 18.3 Å². The average molecular weight is 374 g/mol. The molecule has 0 spiro atoms. The van der Waals surface area contributed by atoms with E-state index in [-0.39, 0.29) is 18.1 Å². The van der Waals surface area contributed by atoms with Crippen molar-refractivity contribution in [3.05, 3.63) is 70.1 Å². The zero-order chi connectivity index (χ0) is 16.2. The normalized spacial score (nSPS) is 11.2. The number of benzene rings is 2. The Hall–Kier alpha value is -2.47. The molecule has 0 atom stereocenters. The van der Waals surface area contributed by atoms with Crippen molar-refractivity contribution < 1.29 is 9.18 Å². The number of hydrogen-bond acceptors (Lipinski definition) is 2. The fraction of sp³-hybridized carbons (Fsp3) is 0.0588. The molecule has 0 unspecified atom stereocenters. The van der Waals surface area contributed by atoms with Gasteiger partial charge in [0.15, 0.2) is 0 Å². The molecule has 1 amide bonds. The Kier molecular flexibility index (Phi) is 4.52. The first kappa shape index (κ1) is 15.4. The minimum Gasteiger partial charge on any atom is -0.361 e. The van der Waals surface area contributed by atoms with Crippen molar-refractivity contribution in [2.24, 2.45) is 5.10 Å². The van der Waals surface area contributed by atoms with Crippen molar-refractivity contribution in [1.82, 2.24) is 10.4 Å². The first-order chi connectivity index (χ1) is 11.1. The summed E-state index contributed by atoms with van der Waals surface area (Å²) in [4.78, 5) is 14.9. The summed E-state index contributed by atoms with van der Waals surface area (Å²) in [7, 11) is 0. The van der Waals surface area contributed by atoms with E-state index in [2.05, 4.69) is 31.4 Å². The van der Waals surface area contributed by atoms with Gasteiger partial charge in [0.1, 0.15) is 5.82 Å². The Bertz CT molecular complexity index is 871. The second-order valence-corrected chi connectivity index (χ2v) is 5.95. The second kappa shape index (κ2) is 6.75. The van der Waals surface area contributed by atoms with E-state index in [0.717, 1.165) is 26.5 Å². The van der Waals surface area contributed by atoms with Gasteiger partial charge >= 0.3 is 0 Å². The lowest BCUT2D eigenvalue weighted by Crippen LogP contribution is -2.19. The maximum atomic E-state index is 12.8. The standard InChI is InChI=1S/C17H13BrFN3O/c18-13-3-6-16-15(8-13)12(9-20-16)10-21-22-17(23)7-11-1-4-14(19)5-2-11/h1-6,8-10,20H,7H2,(H,22,23)/b21-10+. The van der Waals surface area contributed by atoms with E-state index in [0.29, 0.717) is 0 Å². The van der Waals surface area contributed by atoms with Crippen LogP contribution >= 0.6 is 15.9 Å². The molecule has 3 aromatic rings. The van der Waals surface area contributed by atoms with Crippen molar-refractivity contribution >= 4 is 39.0 Å². The lowest BCUT2D eigenvalue weighted by Gasteiger charge is -2.00. The summed E-state index contributed by atoms with van der Waals surface area (Å²) < 4.78 is 13.8. The van der Waals surface area contributed by atoms with E-state index < -0.39 is 0 Å². The topological polar surface area (TPSA) is 57.2 Å². The maximum absolute atomic E-state index is 12.8. The van der Waals surface area contributed by atoms with Gasteiger partial charge in [-0.3, -0.25) is 4.79 Å². The number of nitrogens with one attached hydrogen (secondary N) is 2. The second-order valence-electron chi connectivity index (χ2n) is 5.03. The molecule has 23 heavy (non-hydrogen) atoms. The van der Waals surface area contributed by atoms with E-state index in [9.17, 15) is 9.18 Å². The summed E-state index contributed by atoms with van der Waals surface area (Å²) in [5.74, 6) is -0.577. The number of carbonyl (C=O) groups excluding carboxylic acids is 1. The molecule has 2 N–H and O–H groups in total. The monoisotopic (exact) mass is 373 g/mol. The lowest BCUT2D eigenvalue weighted by molar-refractivity contribution is -0.120. The SMILES string of the molecule is O=C(Cc1ccc(F)cc1)N/N=C/c1c[nH]c2ccc(Br)cc12. The highest BCUT2D eigenvalue weighted by Gasteiger charge is 2.04. The molecule has 0 radical (unpaired) electrons. The van der Waals surface area contributed by atoms with Crippen molar-refractivity contribution in [2.45, 2.75) is 6.42 Å². The predicted molar refractivity (Wildman–Crippen MR) is 91.8 cm³/mol. The van der Waals surface area contributed by atoms with Gasteiger partial charge in [-0.15, -0.1) is 0 Å². The first-order valence-corrected chi connectivity index (χ1v) is 7.74. The number of hydrogen-bond donors (Lipinski definition) is 2. The third-order valence-corrected chi connectivity index (χ3v) is 3.84. The third kappa shape index (κ3) is 3.84. The van der Waals surface area contributed by atoms with Crippen LogP contribution in [0.3, 0.4) is 0 Å². The Morgan fingerprint density at radius 2 is 2.04 bits per heavy atom. The van der Waals surface area contributed by atoms with E-state index in [4.69, 9.17) is 0 Å². The molecule has 0 aliphatic heterocycles. The number of fused-ring (bicyclic) bond motifs is 1. The summed E-state index contributed by atoms with van der Waals surface area (Å²) in [6, 6.07) is 11.7. The number of aromatic nitrogens is 1. The average Bonchev–Trinajstić information content (AvgIpc) is 2.92. The van der Waals surface area contributed by atoms with Crippen LogP contribution in [0, 0.1) is 5.82 Å². The summed E-state index contributed by atoms with van der Waals surface area (Å²) >= 11 is 3.43. The summed E-state index contributed by atoms with van der Waals surface area (Å²) in [5.41, 5.74) is 5.08. The van der Waals surface area contributed by atoms with Crippen LogP contribution in [-0.4, -0.2) is 17.1 Å². The lowest BCUT2D eigenvalue weighted by atomic mass is 10.1. The van der Waals surface area contributed by atoms with Crippen LogP contribution in [-0.2, 0) is 11.2 Å². The number of aromatic amines is 1.